The molecule has 10 heteroatoms. The SMILES string of the molecule is O=C(Cc1ccc(OC(F)(F)F)cc1)N1CCN(CC(=O)N2CCN(C3CCC3)CC2)CC1. The lowest BCUT2D eigenvalue weighted by Gasteiger charge is -2.43. The molecule has 0 atom stereocenters. The van der Waals surface area contributed by atoms with Crippen molar-refractivity contribution in [3.05, 3.63) is 29.8 Å². The molecule has 2 saturated heterocycles. The van der Waals surface area contributed by atoms with Crippen LogP contribution in [0.4, 0.5) is 13.2 Å². The highest BCUT2D eigenvalue weighted by Gasteiger charge is 2.32. The van der Waals surface area contributed by atoms with E-state index in [1.54, 1.807) is 4.90 Å². The molecule has 1 aromatic rings. The number of halogens is 3. The zero-order chi connectivity index (χ0) is 23.4. The van der Waals surface area contributed by atoms with E-state index in [1.165, 1.54) is 43.5 Å². The zero-order valence-corrected chi connectivity index (χ0v) is 18.7. The van der Waals surface area contributed by atoms with Crippen molar-refractivity contribution < 1.29 is 27.5 Å². The summed E-state index contributed by atoms with van der Waals surface area (Å²) >= 11 is 0. The number of nitrogens with zero attached hydrogens (tertiary/aromatic N) is 4. The highest BCUT2D eigenvalue weighted by Crippen LogP contribution is 2.26. The van der Waals surface area contributed by atoms with Gasteiger partial charge in [0, 0.05) is 58.4 Å². The highest BCUT2D eigenvalue weighted by atomic mass is 19.4. The summed E-state index contributed by atoms with van der Waals surface area (Å²) in [4.78, 5) is 33.6. The molecule has 1 saturated carbocycles. The van der Waals surface area contributed by atoms with Gasteiger partial charge in [-0.25, -0.2) is 0 Å². The van der Waals surface area contributed by atoms with E-state index in [0.29, 0.717) is 38.3 Å². The van der Waals surface area contributed by atoms with E-state index in [-0.39, 0.29) is 24.0 Å². The summed E-state index contributed by atoms with van der Waals surface area (Å²) in [5.74, 6) is -0.219. The molecule has 2 amide bonds. The van der Waals surface area contributed by atoms with Crippen molar-refractivity contribution in [3.8, 4) is 5.75 Å². The van der Waals surface area contributed by atoms with E-state index in [2.05, 4.69) is 14.5 Å². The lowest BCUT2D eigenvalue weighted by molar-refractivity contribution is -0.274. The van der Waals surface area contributed by atoms with Crippen molar-refractivity contribution in [1.29, 1.82) is 0 Å². The Bertz CT molecular complexity index is 813. The summed E-state index contributed by atoms with van der Waals surface area (Å²) in [6.07, 6.45) is -0.718. The van der Waals surface area contributed by atoms with Gasteiger partial charge in [0.1, 0.15) is 5.75 Å². The van der Waals surface area contributed by atoms with Gasteiger partial charge in [0.15, 0.2) is 0 Å². The first kappa shape index (κ1) is 23.8. The number of carbonyl (C=O) groups is 2. The van der Waals surface area contributed by atoms with E-state index < -0.39 is 6.36 Å². The lowest BCUT2D eigenvalue weighted by atomic mass is 9.91. The molecule has 33 heavy (non-hydrogen) atoms. The van der Waals surface area contributed by atoms with Crippen molar-refractivity contribution in [2.75, 3.05) is 58.9 Å². The van der Waals surface area contributed by atoms with Crippen LogP contribution in [0.2, 0.25) is 0 Å². The minimum atomic E-state index is -4.73. The van der Waals surface area contributed by atoms with Gasteiger partial charge in [-0.1, -0.05) is 18.6 Å². The van der Waals surface area contributed by atoms with E-state index in [4.69, 9.17) is 0 Å². The predicted octanol–water partition coefficient (Wildman–Crippen LogP) is 1.97. The van der Waals surface area contributed by atoms with Crippen molar-refractivity contribution in [3.63, 3.8) is 0 Å². The van der Waals surface area contributed by atoms with E-state index >= 15 is 0 Å². The number of hydrogen-bond donors (Lipinski definition) is 0. The van der Waals surface area contributed by atoms with Gasteiger partial charge in [0.05, 0.1) is 13.0 Å². The largest absolute Gasteiger partial charge is 0.573 e. The second-order valence-electron chi connectivity index (χ2n) is 9.03. The monoisotopic (exact) mass is 468 g/mol. The Kier molecular flexibility index (Phi) is 7.43. The first-order valence-corrected chi connectivity index (χ1v) is 11.6. The maximum absolute atomic E-state index is 12.7. The average Bonchev–Trinajstić information content (AvgIpc) is 2.74. The Balaban J connectivity index is 1.16. The molecule has 2 heterocycles. The number of benzene rings is 1. The summed E-state index contributed by atoms with van der Waals surface area (Å²) in [5.41, 5.74) is 0.633. The van der Waals surface area contributed by atoms with Crippen LogP contribution in [0.15, 0.2) is 24.3 Å². The van der Waals surface area contributed by atoms with Gasteiger partial charge in [-0.3, -0.25) is 19.4 Å². The van der Waals surface area contributed by atoms with Crippen LogP contribution in [0.5, 0.6) is 5.75 Å². The molecule has 182 valence electrons. The summed E-state index contributed by atoms with van der Waals surface area (Å²) in [7, 11) is 0. The third-order valence-electron chi connectivity index (χ3n) is 6.85. The number of rotatable bonds is 6. The maximum Gasteiger partial charge on any atom is 0.573 e. The van der Waals surface area contributed by atoms with Crippen LogP contribution >= 0.6 is 0 Å². The maximum atomic E-state index is 12.7. The van der Waals surface area contributed by atoms with Crippen LogP contribution in [0.1, 0.15) is 24.8 Å². The quantitative estimate of drug-likeness (QED) is 0.639. The molecule has 0 unspecified atom stereocenters. The topological polar surface area (TPSA) is 56.3 Å². The van der Waals surface area contributed by atoms with Crippen LogP contribution < -0.4 is 4.74 Å². The van der Waals surface area contributed by atoms with Crippen LogP contribution in [-0.4, -0.2) is 103 Å². The summed E-state index contributed by atoms with van der Waals surface area (Å²) < 4.78 is 40.6. The Hall–Kier alpha value is -2.33. The number of ether oxygens (including phenoxy) is 1. The normalized spacial score (nSPS) is 21.1. The third-order valence-corrected chi connectivity index (χ3v) is 6.85. The van der Waals surface area contributed by atoms with E-state index in [1.807, 2.05) is 4.90 Å². The van der Waals surface area contributed by atoms with Crippen molar-refractivity contribution >= 4 is 11.8 Å². The van der Waals surface area contributed by atoms with Gasteiger partial charge < -0.3 is 14.5 Å². The van der Waals surface area contributed by atoms with E-state index in [9.17, 15) is 22.8 Å². The molecule has 0 spiro atoms. The number of carbonyl (C=O) groups excluding carboxylic acids is 2. The molecule has 4 rings (SSSR count). The van der Waals surface area contributed by atoms with Crippen molar-refractivity contribution in [2.24, 2.45) is 0 Å². The second kappa shape index (κ2) is 10.3. The third kappa shape index (κ3) is 6.60. The minimum absolute atomic E-state index is 0.0717. The predicted molar refractivity (Wildman–Crippen MR) is 116 cm³/mol. The number of amides is 2. The van der Waals surface area contributed by atoms with Gasteiger partial charge in [0.2, 0.25) is 11.8 Å². The van der Waals surface area contributed by atoms with Gasteiger partial charge in [-0.05, 0) is 30.5 Å². The fourth-order valence-electron chi connectivity index (χ4n) is 4.63. The molecule has 2 aliphatic heterocycles. The van der Waals surface area contributed by atoms with Gasteiger partial charge >= 0.3 is 6.36 Å². The summed E-state index contributed by atoms with van der Waals surface area (Å²) in [6, 6.07) is 6.09. The van der Waals surface area contributed by atoms with Crippen LogP contribution in [-0.2, 0) is 16.0 Å². The molecule has 0 N–H and O–H groups in total. The standard InChI is InChI=1S/C23H31F3N4O3/c24-23(25,26)33-20-6-4-18(5-7-20)16-21(31)29-10-8-27(9-11-29)17-22(32)30-14-12-28(13-15-30)19-2-1-3-19/h4-7,19H,1-3,8-17H2. The number of hydrogen-bond acceptors (Lipinski definition) is 5. The highest BCUT2D eigenvalue weighted by molar-refractivity contribution is 5.79. The molecule has 0 radical (unpaired) electrons. The van der Waals surface area contributed by atoms with Gasteiger partial charge in [-0.2, -0.15) is 0 Å². The summed E-state index contributed by atoms with van der Waals surface area (Å²) in [6.45, 7) is 6.24. The Morgan fingerprint density at radius 3 is 1.97 bits per heavy atom. The Morgan fingerprint density at radius 1 is 0.848 bits per heavy atom. The molecule has 7 nitrogen and oxygen atoms in total. The molecule has 0 aromatic heterocycles. The van der Waals surface area contributed by atoms with Crippen molar-refractivity contribution in [2.45, 2.75) is 38.1 Å². The first-order valence-electron chi connectivity index (χ1n) is 11.6. The van der Waals surface area contributed by atoms with Gasteiger partial charge in [0.25, 0.3) is 0 Å². The molecule has 3 aliphatic rings. The molecule has 1 aromatic carbocycles. The minimum Gasteiger partial charge on any atom is -0.406 e. The Labute approximate surface area is 192 Å². The van der Waals surface area contributed by atoms with Gasteiger partial charge in [-0.15, -0.1) is 13.2 Å². The Morgan fingerprint density at radius 2 is 1.42 bits per heavy atom. The molecule has 0 bridgehead atoms. The fraction of sp³-hybridized carbons (Fsp3) is 0.652. The van der Waals surface area contributed by atoms with Crippen LogP contribution in [0.25, 0.3) is 0 Å². The zero-order valence-electron chi connectivity index (χ0n) is 18.7. The van der Waals surface area contributed by atoms with E-state index in [0.717, 1.165) is 32.2 Å². The molecule has 1 aliphatic carbocycles. The van der Waals surface area contributed by atoms with Crippen molar-refractivity contribution in [1.82, 2.24) is 19.6 Å². The average molecular weight is 469 g/mol. The second-order valence-corrected chi connectivity index (χ2v) is 9.03. The van der Waals surface area contributed by atoms with Crippen LogP contribution in [0.3, 0.4) is 0 Å². The number of alkyl halides is 3. The fourth-order valence-corrected chi connectivity index (χ4v) is 4.63. The molecular weight excluding hydrogens is 437 g/mol. The molecular formula is C23H31F3N4O3. The summed E-state index contributed by atoms with van der Waals surface area (Å²) in [5, 5.41) is 0. The smallest absolute Gasteiger partial charge is 0.406 e. The molecule has 3 fully saturated rings. The first-order chi connectivity index (χ1) is 15.8. The lowest BCUT2D eigenvalue weighted by Crippen LogP contribution is -2.56. The number of piperazine rings is 2. The van der Waals surface area contributed by atoms with Crippen LogP contribution in [0, 0.1) is 0 Å².